The van der Waals surface area contributed by atoms with Crippen LogP contribution in [0.1, 0.15) is 37.0 Å². The molecule has 1 N–H and O–H groups in total. The van der Waals surface area contributed by atoms with E-state index in [1.807, 2.05) is 51.1 Å². The van der Waals surface area contributed by atoms with Gasteiger partial charge in [-0.25, -0.2) is 8.42 Å². The predicted molar refractivity (Wildman–Crippen MR) is 189 cm³/mol. The van der Waals surface area contributed by atoms with E-state index >= 15 is 0 Å². The molecule has 0 saturated carbocycles. The third kappa shape index (κ3) is 9.08. The van der Waals surface area contributed by atoms with Crippen LogP contribution in [0, 0.1) is 6.92 Å². The molecule has 4 aromatic rings. The van der Waals surface area contributed by atoms with Crippen molar-refractivity contribution in [3.63, 3.8) is 0 Å². The van der Waals surface area contributed by atoms with Crippen molar-refractivity contribution in [3.05, 3.63) is 119 Å². The monoisotopic (exact) mass is 691 g/mol. The minimum atomic E-state index is -4.33. The average molecular weight is 692 g/mol. The van der Waals surface area contributed by atoms with Crippen molar-refractivity contribution < 1.29 is 27.5 Å². The number of anilines is 1. The van der Waals surface area contributed by atoms with Gasteiger partial charge in [-0.2, -0.15) is 0 Å². The first-order valence-electron chi connectivity index (χ1n) is 15.7. The molecule has 11 heteroatoms. The van der Waals surface area contributed by atoms with Crippen molar-refractivity contribution in [1.82, 2.24) is 10.2 Å². The van der Waals surface area contributed by atoms with E-state index in [0.29, 0.717) is 22.8 Å². The van der Waals surface area contributed by atoms with Crippen LogP contribution in [0.25, 0.3) is 0 Å². The van der Waals surface area contributed by atoms with E-state index in [9.17, 15) is 18.0 Å². The fourth-order valence-electron chi connectivity index (χ4n) is 5.12. The van der Waals surface area contributed by atoms with Gasteiger partial charge in [0.1, 0.15) is 24.1 Å². The maximum Gasteiger partial charge on any atom is 0.264 e. The van der Waals surface area contributed by atoms with Crippen molar-refractivity contribution in [1.29, 1.82) is 0 Å². The van der Waals surface area contributed by atoms with E-state index in [2.05, 4.69) is 5.32 Å². The summed E-state index contributed by atoms with van der Waals surface area (Å²) in [5, 5.41) is 3.56. The highest BCUT2D eigenvalue weighted by molar-refractivity contribution is 7.92. The molecule has 4 rings (SSSR count). The molecule has 0 aliphatic heterocycles. The third-order valence-corrected chi connectivity index (χ3v) is 10.1. The van der Waals surface area contributed by atoms with Crippen molar-refractivity contribution in [2.24, 2.45) is 0 Å². The number of carbonyl (C=O) groups is 2. The van der Waals surface area contributed by atoms with Gasteiger partial charge in [0.15, 0.2) is 0 Å². The summed E-state index contributed by atoms with van der Waals surface area (Å²) in [5.74, 6) is -0.345. The molecule has 48 heavy (non-hydrogen) atoms. The van der Waals surface area contributed by atoms with E-state index in [4.69, 9.17) is 21.1 Å². The van der Waals surface area contributed by atoms with Crippen LogP contribution in [-0.4, -0.2) is 58.0 Å². The lowest BCUT2D eigenvalue weighted by molar-refractivity contribution is -0.140. The number of amides is 2. The Kier molecular flexibility index (Phi) is 12.5. The van der Waals surface area contributed by atoms with Crippen LogP contribution in [0.5, 0.6) is 11.5 Å². The Morgan fingerprint density at radius 1 is 0.875 bits per heavy atom. The highest BCUT2D eigenvalue weighted by atomic mass is 35.5. The molecule has 0 spiro atoms. The van der Waals surface area contributed by atoms with Gasteiger partial charge in [0.2, 0.25) is 11.8 Å². The zero-order chi connectivity index (χ0) is 34.8. The summed E-state index contributed by atoms with van der Waals surface area (Å²) in [7, 11) is -1.44. The van der Waals surface area contributed by atoms with E-state index in [1.165, 1.54) is 37.3 Å². The summed E-state index contributed by atoms with van der Waals surface area (Å²) in [4.78, 5) is 30.2. The summed E-state index contributed by atoms with van der Waals surface area (Å²) in [6.45, 7) is 5.11. The van der Waals surface area contributed by atoms with Crippen LogP contribution in [0.3, 0.4) is 0 Å². The second kappa shape index (κ2) is 16.5. The largest absolute Gasteiger partial charge is 0.497 e. The third-order valence-electron chi connectivity index (χ3n) is 8.08. The number of rotatable bonds is 15. The maximum atomic E-state index is 14.7. The zero-order valence-electron chi connectivity index (χ0n) is 27.9. The maximum absolute atomic E-state index is 14.7. The number of sulfonamides is 1. The van der Waals surface area contributed by atoms with Crippen molar-refractivity contribution in [3.8, 4) is 11.5 Å². The molecule has 0 fully saturated rings. The quantitative estimate of drug-likeness (QED) is 0.154. The van der Waals surface area contributed by atoms with E-state index < -0.39 is 28.5 Å². The van der Waals surface area contributed by atoms with Crippen molar-refractivity contribution >= 4 is 39.1 Å². The van der Waals surface area contributed by atoms with Crippen LogP contribution in [0.4, 0.5) is 5.69 Å². The second-order valence-corrected chi connectivity index (χ2v) is 13.8. The number of benzene rings is 4. The van der Waals surface area contributed by atoms with Gasteiger partial charge in [0.25, 0.3) is 10.0 Å². The molecule has 0 aliphatic rings. The molecule has 0 bridgehead atoms. The molecule has 0 radical (unpaired) electrons. The summed E-state index contributed by atoms with van der Waals surface area (Å²) < 4.78 is 40.8. The summed E-state index contributed by atoms with van der Waals surface area (Å²) >= 11 is 6.17. The van der Waals surface area contributed by atoms with Crippen LogP contribution in [0.2, 0.25) is 5.02 Å². The van der Waals surface area contributed by atoms with E-state index in [1.54, 1.807) is 48.5 Å². The van der Waals surface area contributed by atoms with Gasteiger partial charge in [0.05, 0.1) is 24.8 Å². The Bertz CT molecular complexity index is 1780. The lowest BCUT2D eigenvalue weighted by atomic mass is 10.0. The molecule has 0 unspecified atom stereocenters. The number of carbonyl (C=O) groups excluding carboxylic acids is 2. The molecule has 254 valence electrons. The smallest absolute Gasteiger partial charge is 0.264 e. The zero-order valence-corrected chi connectivity index (χ0v) is 29.4. The fraction of sp³-hybridized carbons (Fsp3) is 0.297. The first-order chi connectivity index (χ1) is 23.0. The molecule has 9 nitrogen and oxygen atoms in total. The number of hydrogen-bond acceptors (Lipinski definition) is 6. The van der Waals surface area contributed by atoms with Gasteiger partial charge in [-0.1, -0.05) is 78.7 Å². The molecule has 0 aromatic heterocycles. The number of hydrogen-bond donors (Lipinski definition) is 1. The molecule has 2 amide bonds. The Hall–Kier alpha value is -4.54. The summed E-state index contributed by atoms with van der Waals surface area (Å²) in [6, 6.07) is 26.4. The number of nitrogens with one attached hydrogen (secondary N) is 1. The summed E-state index contributed by atoms with van der Waals surface area (Å²) in [6.07, 6.45) is 0.892. The standard InChI is InChI=1S/C37H42ClN3O6S/c1-6-27(3)39-37(43)34(22-28-10-8-7-9-11-28)40(24-29-14-16-30(38)17-15-29)36(42)25-41(33-23-31(46-4)18-21-35(33)47-5)48(44,45)32-19-12-26(2)13-20-32/h7-21,23,27,34H,6,22,24-25H2,1-5H3,(H,39,43)/t27-,34+/m1/s1. The van der Waals surface area contributed by atoms with Gasteiger partial charge in [-0.3, -0.25) is 13.9 Å². The number of halogens is 1. The molecule has 2 atom stereocenters. The molecular formula is C37H42ClN3O6S. The Morgan fingerprint density at radius 2 is 1.54 bits per heavy atom. The van der Waals surface area contributed by atoms with Gasteiger partial charge in [-0.15, -0.1) is 0 Å². The molecule has 4 aromatic carbocycles. The molecular weight excluding hydrogens is 650 g/mol. The normalized spacial score (nSPS) is 12.5. The average Bonchev–Trinajstić information content (AvgIpc) is 3.09. The predicted octanol–water partition coefficient (Wildman–Crippen LogP) is 6.42. The minimum Gasteiger partial charge on any atom is -0.497 e. The lowest BCUT2D eigenvalue weighted by Gasteiger charge is -2.34. The van der Waals surface area contributed by atoms with Gasteiger partial charge < -0.3 is 19.7 Å². The second-order valence-electron chi connectivity index (χ2n) is 11.5. The SMILES string of the molecule is CC[C@@H](C)NC(=O)[C@H](Cc1ccccc1)N(Cc1ccc(Cl)cc1)C(=O)CN(c1cc(OC)ccc1OC)S(=O)(=O)c1ccc(C)cc1. The van der Waals surface area contributed by atoms with Crippen LogP contribution >= 0.6 is 11.6 Å². The van der Waals surface area contributed by atoms with E-state index in [-0.39, 0.29) is 41.2 Å². The Balaban J connectivity index is 1.87. The topological polar surface area (TPSA) is 105 Å². The van der Waals surface area contributed by atoms with Crippen LogP contribution in [0.15, 0.2) is 102 Å². The first kappa shape index (κ1) is 36.3. The Labute approximate surface area is 288 Å². The first-order valence-corrected chi connectivity index (χ1v) is 17.5. The highest BCUT2D eigenvalue weighted by Crippen LogP contribution is 2.36. The molecule has 0 saturated heterocycles. The number of methoxy groups -OCH3 is 2. The van der Waals surface area contributed by atoms with Crippen molar-refractivity contribution in [2.45, 2.75) is 57.1 Å². The van der Waals surface area contributed by atoms with Crippen LogP contribution < -0.4 is 19.1 Å². The lowest BCUT2D eigenvalue weighted by Crippen LogP contribution is -2.54. The molecule has 0 heterocycles. The highest BCUT2D eigenvalue weighted by Gasteiger charge is 2.36. The minimum absolute atomic E-state index is 0.00891. The fourth-order valence-corrected chi connectivity index (χ4v) is 6.67. The van der Waals surface area contributed by atoms with Gasteiger partial charge in [-0.05, 0) is 67.8 Å². The summed E-state index contributed by atoms with van der Waals surface area (Å²) in [5.41, 5.74) is 2.55. The van der Waals surface area contributed by atoms with E-state index in [0.717, 1.165) is 15.4 Å². The van der Waals surface area contributed by atoms with Gasteiger partial charge in [0, 0.05) is 30.1 Å². The number of aryl methyl sites for hydroxylation is 1. The van der Waals surface area contributed by atoms with Gasteiger partial charge >= 0.3 is 0 Å². The number of nitrogens with zero attached hydrogens (tertiary/aromatic N) is 2. The van der Waals surface area contributed by atoms with Crippen molar-refractivity contribution in [2.75, 3.05) is 25.1 Å². The molecule has 0 aliphatic carbocycles. The Morgan fingerprint density at radius 3 is 2.15 bits per heavy atom. The number of ether oxygens (including phenoxy) is 2. The van der Waals surface area contributed by atoms with Crippen LogP contribution in [-0.2, 0) is 32.6 Å².